The fourth-order valence-corrected chi connectivity index (χ4v) is 8.22. The Morgan fingerprint density at radius 3 is 2.53 bits per heavy atom. The van der Waals surface area contributed by atoms with Gasteiger partial charge in [-0.1, -0.05) is 37.6 Å². The Balaban J connectivity index is 1.32. The van der Waals surface area contributed by atoms with Crippen LogP contribution in [0.1, 0.15) is 77.7 Å². The number of Topliss-reactive ketones (excluding diaryl/α,β-unsaturated/α-hetero) is 1. The first-order valence-electron chi connectivity index (χ1n) is 12.5. The SMILES string of the molecule is CC(=O)[C@H]1CCC2C3CC=C4C[C@@](O)(OCc5ccc(O)cc5)CC[C@]4(C)C3CC[C@@]21C. The highest BCUT2D eigenvalue weighted by Gasteiger charge is 2.60. The maximum atomic E-state index is 12.3. The minimum Gasteiger partial charge on any atom is -0.508 e. The summed E-state index contributed by atoms with van der Waals surface area (Å²) in [5.41, 5.74) is 2.64. The molecule has 0 radical (unpaired) electrons. The van der Waals surface area contributed by atoms with Gasteiger partial charge >= 0.3 is 0 Å². The number of rotatable bonds is 4. The third-order valence-corrected chi connectivity index (χ3v) is 10.1. The van der Waals surface area contributed by atoms with Crippen molar-refractivity contribution in [3.05, 3.63) is 41.5 Å². The smallest absolute Gasteiger partial charge is 0.169 e. The topological polar surface area (TPSA) is 66.8 Å². The van der Waals surface area contributed by atoms with Crippen molar-refractivity contribution in [2.45, 2.75) is 84.5 Å². The van der Waals surface area contributed by atoms with Gasteiger partial charge in [0.05, 0.1) is 6.61 Å². The van der Waals surface area contributed by atoms with Crippen LogP contribution < -0.4 is 0 Å². The third-order valence-electron chi connectivity index (χ3n) is 10.1. The molecule has 2 N–H and O–H groups in total. The van der Waals surface area contributed by atoms with Gasteiger partial charge in [-0.25, -0.2) is 0 Å². The van der Waals surface area contributed by atoms with Crippen LogP contribution in [0.3, 0.4) is 0 Å². The summed E-state index contributed by atoms with van der Waals surface area (Å²) in [6.45, 7) is 6.96. The van der Waals surface area contributed by atoms with E-state index in [0.717, 1.165) is 31.2 Å². The fourth-order valence-electron chi connectivity index (χ4n) is 8.22. The number of carbonyl (C=O) groups is 1. The van der Waals surface area contributed by atoms with Crippen molar-refractivity contribution in [3.63, 3.8) is 0 Å². The summed E-state index contributed by atoms with van der Waals surface area (Å²) in [6.07, 6.45) is 10.3. The Bertz CT molecular complexity index is 920. The maximum absolute atomic E-state index is 12.3. The molecule has 3 fully saturated rings. The second-order valence-electron chi connectivity index (χ2n) is 11.6. The lowest BCUT2D eigenvalue weighted by molar-refractivity contribution is -0.231. The second kappa shape index (κ2) is 7.70. The van der Waals surface area contributed by atoms with Gasteiger partial charge in [0.15, 0.2) is 5.79 Å². The van der Waals surface area contributed by atoms with Gasteiger partial charge in [-0.2, -0.15) is 0 Å². The minimum atomic E-state index is -1.12. The predicted molar refractivity (Wildman–Crippen MR) is 124 cm³/mol. The lowest BCUT2D eigenvalue weighted by Crippen LogP contribution is -2.52. The number of aliphatic hydroxyl groups is 1. The number of allylic oxidation sites excluding steroid dienone is 1. The molecule has 5 rings (SSSR count). The molecule has 4 aliphatic rings. The van der Waals surface area contributed by atoms with Crippen LogP contribution >= 0.6 is 0 Å². The summed E-state index contributed by atoms with van der Waals surface area (Å²) in [5, 5.41) is 20.8. The monoisotopic (exact) mass is 438 g/mol. The highest BCUT2D eigenvalue weighted by molar-refractivity contribution is 5.79. The molecule has 4 nitrogen and oxygen atoms in total. The first kappa shape index (κ1) is 22.2. The van der Waals surface area contributed by atoms with Crippen LogP contribution in [0.4, 0.5) is 0 Å². The van der Waals surface area contributed by atoms with Crippen LogP contribution in [0.15, 0.2) is 35.9 Å². The molecule has 3 unspecified atom stereocenters. The van der Waals surface area contributed by atoms with E-state index in [1.807, 2.05) is 12.1 Å². The van der Waals surface area contributed by atoms with E-state index in [1.54, 1.807) is 19.1 Å². The number of aromatic hydroxyl groups is 1. The molecule has 32 heavy (non-hydrogen) atoms. The molecule has 174 valence electrons. The summed E-state index contributed by atoms with van der Waals surface area (Å²) in [6, 6.07) is 6.98. The molecule has 1 aromatic rings. The largest absolute Gasteiger partial charge is 0.508 e. The average Bonchev–Trinajstić information content (AvgIpc) is 3.12. The first-order valence-corrected chi connectivity index (χ1v) is 12.5. The van der Waals surface area contributed by atoms with Gasteiger partial charge in [0.25, 0.3) is 0 Å². The molecule has 3 saturated carbocycles. The van der Waals surface area contributed by atoms with Crippen molar-refractivity contribution in [2.24, 2.45) is 34.5 Å². The van der Waals surface area contributed by atoms with E-state index in [-0.39, 0.29) is 22.5 Å². The van der Waals surface area contributed by atoms with Crippen LogP contribution in [0.2, 0.25) is 0 Å². The highest BCUT2D eigenvalue weighted by atomic mass is 16.6. The molecule has 0 saturated heterocycles. The number of phenolic OH excluding ortho intramolecular Hbond substituents is 1. The Morgan fingerprint density at radius 2 is 1.81 bits per heavy atom. The van der Waals surface area contributed by atoms with Crippen molar-refractivity contribution < 1.29 is 19.7 Å². The van der Waals surface area contributed by atoms with Gasteiger partial charge in [-0.3, -0.25) is 4.79 Å². The average molecular weight is 439 g/mol. The second-order valence-corrected chi connectivity index (χ2v) is 11.6. The Kier molecular flexibility index (Phi) is 5.33. The van der Waals surface area contributed by atoms with E-state index in [1.165, 1.54) is 18.4 Å². The number of ether oxygens (including phenoxy) is 1. The standard InChI is InChI=1S/C28H38O4/c1-18(29)23-10-11-24-22-9-6-20-16-28(31,32-17-19-4-7-21(30)8-5-19)15-14-26(20,2)25(22)12-13-27(23,24)3/h4-8,22-25,30-31H,9-17H2,1-3H3/t22?,23-,24?,25?,26+,27-,28+/m1/s1. The zero-order valence-electron chi connectivity index (χ0n) is 19.8. The molecule has 0 aliphatic heterocycles. The van der Waals surface area contributed by atoms with E-state index >= 15 is 0 Å². The van der Waals surface area contributed by atoms with Crippen molar-refractivity contribution in [2.75, 3.05) is 0 Å². The number of hydrogen-bond acceptors (Lipinski definition) is 4. The number of fused-ring (bicyclic) bond motifs is 5. The van der Waals surface area contributed by atoms with Crippen molar-refractivity contribution in [1.29, 1.82) is 0 Å². The summed E-state index contributed by atoms with van der Waals surface area (Å²) in [7, 11) is 0. The zero-order valence-corrected chi connectivity index (χ0v) is 19.8. The van der Waals surface area contributed by atoms with Gasteiger partial charge in [0, 0.05) is 18.8 Å². The molecule has 0 aromatic heterocycles. The molecule has 0 heterocycles. The van der Waals surface area contributed by atoms with Gasteiger partial charge in [-0.05, 0) is 91.7 Å². The highest BCUT2D eigenvalue weighted by Crippen LogP contribution is 2.66. The first-order chi connectivity index (χ1) is 15.1. The summed E-state index contributed by atoms with van der Waals surface area (Å²) < 4.78 is 6.05. The Labute approximate surface area is 192 Å². The molecule has 4 heteroatoms. The third kappa shape index (κ3) is 3.45. The lowest BCUT2D eigenvalue weighted by Gasteiger charge is -2.58. The quantitative estimate of drug-likeness (QED) is 0.463. The summed E-state index contributed by atoms with van der Waals surface area (Å²) in [4.78, 5) is 12.3. The molecule has 7 atom stereocenters. The van der Waals surface area contributed by atoms with Crippen LogP contribution in [0, 0.1) is 34.5 Å². The van der Waals surface area contributed by atoms with Crippen LogP contribution in [0.5, 0.6) is 5.75 Å². The molecule has 0 amide bonds. The molecule has 4 aliphatic carbocycles. The van der Waals surface area contributed by atoms with Crippen LogP contribution in [-0.4, -0.2) is 21.8 Å². The van der Waals surface area contributed by atoms with E-state index < -0.39 is 5.79 Å². The van der Waals surface area contributed by atoms with Crippen molar-refractivity contribution >= 4 is 5.78 Å². The Hall–Kier alpha value is -1.65. The number of benzene rings is 1. The molecule has 0 spiro atoms. The molecular weight excluding hydrogens is 400 g/mol. The van der Waals surface area contributed by atoms with Gasteiger partial charge < -0.3 is 14.9 Å². The van der Waals surface area contributed by atoms with E-state index in [9.17, 15) is 15.0 Å². The molecular formula is C28H38O4. The zero-order chi connectivity index (χ0) is 22.7. The fraction of sp³-hybridized carbons (Fsp3) is 0.679. The lowest BCUT2D eigenvalue weighted by atomic mass is 9.47. The number of hydrogen-bond donors (Lipinski definition) is 2. The maximum Gasteiger partial charge on any atom is 0.169 e. The molecule has 1 aromatic carbocycles. The molecule has 0 bridgehead atoms. The van der Waals surface area contributed by atoms with E-state index in [0.29, 0.717) is 43.0 Å². The van der Waals surface area contributed by atoms with Gasteiger partial charge in [0.1, 0.15) is 11.5 Å². The van der Waals surface area contributed by atoms with Gasteiger partial charge in [0.2, 0.25) is 0 Å². The van der Waals surface area contributed by atoms with E-state index in [2.05, 4.69) is 19.9 Å². The van der Waals surface area contributed by atoms with Crippen LogP contribution in [-0.2, 0) is 16.1 Å². The van der Waals surface area contributed by atoms with Gasteiger partial charge in [-0.15, -0.1) is 0 Å². The normalized spacial score (nSPS) is 43.1. The van der Waals surface area contributed by atoms with Crippen molar-refractivity contribution in [1.82, 2.24) is 0 Å². The van der Waals surface area contributed by atoms with Crippen LogP contribution in [0.25, 0.3) is 0 Å². The number of phenols is 1. The minimum absolute atomic E-state index is 0.132. The summed E-state index contributed by atoms with van der Waals surface area (Å²) in [5.74, 6) is 1.71. The van der Waals surface area contributed by atoms with Crippen molar-refractivity contribution in [3.8, 4) is 5.75 Å². The Morgan fingerprint density at radius 1 is 1.06 bits per heavy atom. The summed E-state index contributed by atoms with van der Waals surface area (Å²) >= 11 is 0. The number of ketones is 1. The number of carbonyl (C=O) groups excluding carboxylic acids is 1. The predicted octanol–water partition coefficient (Wildman–Crippen LogP) is 5.77. The van der Waals surface area contributed by atoms with E-state index in [4.69, 9.17) is 4.74 Å².